The van der Waals surface area contributed by atoms with E-state index in [-0.39, 0.29) is 23.2 Å². The van der Waals surface area contributed by atoms with Gasteiger partial charge in [-0.2, -0.15) is 10.2 Å². The lowest BCUT2D eigenvalue weighted by Crippen LogP contribution is -2.32. The predicted octanol–water partition coefficient (Wildman–Crippen LogP) is 3.21. The number of aliphatic hydroxyl groups excluding tert-OH is 1. The van der Waals surface area contributed by atoms with Gasteiger partial charge in [0.25, 0.3) is 0 Å². The van der Waals surface area contributed by atoms with Gasteiger partial charge in [-0.15, -0.1) is 0 Å². The molecule has 2 unspecified atom stereocenters. The highest BCUT2D eigenvalue weighted by molar-refractivity contribution is 5.95. The van der Waals surface area contributed by atoms with E-state index in [1.165, 1.54) is 19.1 Å². The Morgan fingerprint density at radius 2 is 2.13 bits per heavy atom. The lowest BCUT2D eigenvalue weighted by atomic mass is 9.70. The van der Waals surface area contributed by atoms with E-state index in [0.29, 0.717) is 22.7 Å². The highest BCUT2D eigenvalue weighted by atomic mass is 16.3. The van der Waals surface area contributed by atoms with Crippen LogP contribution in [0.2, 0.25) is 0 Å². The maximum Gasteiger partial charge on any atom is 0.145 e. The Morgan fingerprint density at radius 3 is 2.70 bits per heavy atom. The summed E-state index contributed by atoms with van der Waals surface area (Å²) in [5.41, 5.74) is 3.11. The minimum Gasteiger partial charge on any atom is -0.505 e. The summed E-state index contributed by atoms with van der Waals surface area (Å²) >= 11 is 0. The third-order valence-corrected chi connectivity index (χ3v) is 6.41. The van der Waals surface area contributed by atoms with Gasteiger partial charge < -0.3 is 10.2 Å². The van der Waals surface area contributed by atoms with E-state index in [1.54, 1.807) is 13.1 Å². The molecule has 2 atom stereocenters. The van der Waals surface area contributed by atoms with Gasteiger partial charge in [0, 0.05) is 28.5 Å². The Hall–Kier alpha value is -1.75. The Labute approximate surface area is 137 Å². The predicted molar refractivity (Wildman–Crippen MR) is 90.8 cm³/mol. The van der Waals surface area contributed by atoms with Crippen LogP contribution in [0.4, 0.5) is 0 Å². The maximum atomic E-state index is 10.1. The first kappa shape index (κ1) is 16.1. The number of fused-ring (bicyclic) bond motifs is 2. The summed E-state index contributed by atoms with van der Waals surface area (Å²) in [6.45, 7) is 8.49. The number of aryl methyl sites for hydroxylation is 1. The van der Waals surface area contributed by atoms with E-state index in [0.717, 1.165) is 12.1 Å². The smallest absolute Gasteiger partial charge is 0.145 e. The summed E-state index contributed by atoms with van der Waals surface area (Å²) in [6.07, 6.45) is 6.54. The number of aliphatic hydroxyl groups is 1. The largest absolute Gasteiger partial charge is 0.505 e. The lowest BCUT2D eigenvalue weighted by Gasteiger charge is -2.34. The highest BCUT2D eigenvalue weighted by Crippen LogP contribution is 2.63. The number of nitrogens with zero attached hydrogens (tertiary/aromatic N) is 3. The third-order valence-electron chi connectivity index (χ3n) is 6.41. The number of rotatable bonds is 3. The number of aromatic nitrogens is 1. The molecule has 0 aliphatic heterocycles. The molecule has 0 spiro atoms. The van der Waals surface area contributed by atoms with Gasteiger partial charge in [-0.05, 0) is 37.5 Å². The quantitative estimate of drug-likeness (QED) is 0.664. The molecule has 124 valence electrons. The number of aromatic hydroxyl groups is 1. The molecule has 2 N–H and O–H groups in total. The summed E-state index contributed by atoms with van der Waals surface area (Å²) in [5, 5.41) is 28.2. The van der Waals surface area contributed by atoms with Crippen molar-refractivity contribution in [2.24, 2.45) is 27.0 Å². The van der Waals surface area contributed by atoms with Crippen LogP contribution >= 0.6 is 0 Å². The van der Waals surface area contributed by atoms with Crippen molar-refractivity contribution in [1.29, 1.82) is 0 Å². The van der Waals surface area contributed by atoms with Crippen LogP contribution in [0.1, 0.15) is 56.9 Å². The summed E-state index contributed by atoms with van der Waals surface area (Å²) in [5.74, 6) is 0.742. The van der Waals surface area contributed by atoms with Gasteiger partial charge in [-0.25, -0.2) is 0 Å². The molecular weight excluding hydrogens is 290 g/mol. The SMILES string of the molecule is Cc1ncc(CO)c(/C=N/N=C2\CC3CCC2(C)C3(C)C)c1O. The molecule has 2 fully saturated rings. The van der Waals surface area contributed by atoms with Crippen molar-refractivity contribution in [3.05, 3.63) is 23.0 Å². The van der Waals surface area contributed by atoms with Crippen LogP contribution < -0.4 is 0 Å². The average molecular weight is 315 g/mol. The fraction of sp³-hybridized carbons (Fsp3) is 0.611. The molecule has 3 rings (SSSR count). The molecule has 5 heteroatoms. The molecular formula is C18H25N3O2. The molecule has 1 aromatic rings. The van der Waals surface area contributed by atoms with Crippen molar-refractivity contribution < 1.29 is 10.2 Å². The monoisotopic (exact) mass is 315 g/mol. The third kappa shape index (κ3) is 2.29. The second kappa shape index (κ2) is 5.41. The topological polar surface area (TPSA) is 78.1 Å². The zero-order valence-corrected chi connectivity index (χ0v) is 14.3. The van der Waals surface area contributed by atoms with Crippen LogP contribution in [0.15, 0.2) is 16.4 Å². The average Bonchev–Trinajstić information content (AvgIpc) is 2.85. The van der Waals surface area contributed by atoms with E-state index in [1.807, 2.05) is 0 Å². The van der Waals surface area contributed by atoms with Crippen LogP contribution in [-0.2, 0) is 6.61 Å². The van der Waals surface area contributed by atoms with Crippen LogP contribution in [0, 0.1) is 23.7 Å². The molecule has 2 bridgehead atoms. The molecule has 2 saturated carbocycles. The Bertz CT molecular complexity index is 694. The summed E-state index contributed by atoms with van der Waals surface area (Å²) in [7, 11) is 0. The molecule has 0 saturated heterocycles. The molecule has 0 aromatic carbocycles. The van der Waals surface area contributed by atoms with Crippen molar-refractivity contribution in [3.63, 3.8) is 0 Å². The van der Waals surface area contributed by atoms with Crippen LogP contribution in [0.3, 0.4) is 0 Å². The Balaban J connectivity index is 1.90. The van der Waals surface area contributed by atoms with Gasteiger partial charge in [0.05, 0.1) is 18.5 Å². The number of hydrogen-bond donors (Lipinski definition) is 2. The van der Waals surface area contributed by atoms with Crippen molar-refractivity contribution in [1.82, 2.24) is 4.98 Å². The summed E-state index contributed by atoms with van der Waals surface area (Å²) in [6, 6.07) is 0. The normalized spacial score (nSPS) is 30.7. The van der Waals surface area contributed by atoms with Crippen LogP contribution in [0.5, 0.6) is 5.75 Å². The summed E-state index contributed by atoms with van der Waals surface area (Å²) < 4.78 is 0. The van der Waals surface area contributed by atoms with E-state index in [9.17, 15) is 10.2 Å². The first-order chi connectivity index (χ1) is 10.8. The second-order valence-electron chi connectivity index (χ2n) is 7.57. The molecule has 1 aromatic heterocycles. The minimum absolute atomic E-state index is 0.0555. The minimum atomic E-state index is -0.189. The highest BCUT2D eigenvalue weighted by Gasteiger charge is 2.59. The molecule has 5 nitrogen and oxygen atoms in total. The van der Waals surface area contributed by atoms with Crippen LogP contribution in [-0.4, -0.2) is 27.1 Å². The number of pyridine rings is 1. The molecule has 2 aliphatic rings. The zero-order valence-electron chi connectivity index (χ0n) is 14.3. The maximum absolute atomic E-state index is 10.1. The van der Waals surface area contributed by atoms with Gasteiger partial charge in [0.15, 0.2) is 0 Å². The fourth-order valence-corrected chi connectivity index (χ4v) is 4.16. The van der Waals surface area contributed by atoms with E-state index in [4.69, 9.17) is 0 Å². The van der Waals surface area contributed by atoms with Gasteiger partial charge in [0.2, 0.25) is 0 Å². The Kier molecular flexibility index (Phi) is 3.79. The fourth-order valence-electron chi connectivity index (χ4n) is 4.16. The molecule has 0 amide bonds. The molecule has 1 heterocycles. The second-order valence-corrected chi connectivity index (χ2v) is 7.57. The van der Waals surface area contributed by atoms with Crippen molar-refractivity contribution in [2.75, 3.05) is 0 Å². The Morgan fingerprint density at radius 1 is 1.39 bits per heavy atom. The van der Waals surface area contributed by atoms with Gasteiger partial charge in [0.1, 0.15) is 5.75 Å². The standard InChI is InChI=1S/C18H25N3O2/c1-11-16(23)14(12(10-22)8-19-11)9-20-21-15-7-13-5-6-18(15,4)17(13,2)3/h8-9,13,22-23H,5-7,10H2,1-4H3/b20-9+,21-15+. The van der Waals surface area contributed by atoms with Gasteiger partial charge >= 0.3 is 0 Å². The molecule has 23 heavy (non-hydrogen) atoms. The lowest BCUT2D eigenvalue weighted by molar-refractivity contribution is 0.194. The molecule has 2 aliphatic carbocycles. The molecule has 0 radical (unpaired) electrons. The van der Waals surface area contributed by atoms with Gasteiger partial charge in [-0.1, -0.05) is 20.8 Å². The van der Waals surface area contributed by atoms with Crippen molar-refractivity contribution >= 4 is 11.9 Å². The summed E-state index contributed by atoms with van der Waals surface area (Å²) in [4.78, 5) is 4.05. The van der Waals surface area contributed by atoms with E-state index < -0.39 is 0 Å². The number of hydrogen-bond acceptors (Lipinski definition) is 5. The van der Waals surface area contributed by atoms with E-state index in [2.05, 4.69) is 36.0 Å². The van der Waals surface area contributed by atoms with Gasteiger partial charge in [-0.3, -0.25) is 4.98 Å². The van der Waals surface area contributed by atoms with E-state index >= 15 is 0 Å². The zero-order chi connectivity index (χ0) is 16.8. The van der Waals surface area contributed by atoms with Crippen molar-refractivity contribution in [2.45, 2.75) is 53.6 Å². The van der Waals surface area contributed by atoms with Crippen molar-refractivity contribution in [3.8, 4) is 5.75 Å². The first-order valence-electron chi connectivity index (χ1n) is 8.20. The van der Waals surface area contributed by atoms with Crippen LogP contribution in [0.25, 0.3) is 0 Å². The first-order valence-corrected chi connectivity index (χ1v) is 8.20.